The zero-order chi connectivity index (χ0) is 14.7. The summed E-state index contributed by atoms with van der Waals surface area (Å²) < 4.78 is 5.38. The minimum absolute atomic E-state index is 0.588. The van der Waals surface area contributed by atoms with E-state index in [1.54, 1.807) is 7.11 Å². The number of ether oxygens (including phenoxy) is 1. The second-order valence-electron chi connectivity index (χ2n) is 6.18. The van der Waals surface area contributed by atoms with Crippen molar-refractivity contribution in [2.75, 3.05) is 38.2 Å². The maximum atomic E-state index is 5.91. The highest BCUT2D eigenvalue weighted by atomic mass is 16.5. The van der Waals surface area contributed by atoms with Crippen LogP contribution in [-0.2, 0) is 6.54 Å². The van der Waals surface area contributed by atoms with E-state index in [0.717, 1.165) is 18.8 Å². The third kappa shape index (κ3) is 3.16. The Hall–Kier alpha value is -1.26. The maximum absolute atomic E-state index is 5.91. The molecule has 1 atom stereocenters. The number of hydrogen-bond acceptors (Lipinski definition) is 4. The largest absolute Gasteiger partial charge is 0.497 e. The van der Waals surface area contributed by atoms with E-state index in [9.17, 15) is 0 Å². The first kappa shape index (κ1) is 14.7. The van der Waals surface area contributed by atoms with E-state index < -0.39 is 0 Å². The number of benzene rings is 1. The second-order valence-corrected chi connectivity index (χ2v) is 6.18. The van der Waals surface area contributed by atoms with Crippen LogP contribution in [0.15, 0.2) is 18.2 Å². The van der Waals surface area contributed by atoms with Crippen LogP contribution in [0.2, 0.25) is 0 Å². The molecule has 0 amide bonds. The van der Waals surface area contributed by atoms with Crippen LogP contribution in [0.1, 0.15) is 31.2 Å². The fraction of sp³-hybridized carbons (Fsp3) is 0.647. The van der Waals surface area contributed by atoms with Crippen molar-refractivity contribution in [2.45, 2.75) is 38.3 Å². The number of piperidine rings is 1. The van der Waals surface area contributed by atoms with E-state index in [0.29, 0.717) is 12.6 Å². The van der Waals surface area contributed by atoms with Crippen LogP contribution in [0.3, 0.4) is 0 Å². The van der Waals surface area contributed by atoms with Crippen molar-refractivity contribution >= 4 is 5.69 Å². The van der Waals surface area contributed by atoms with Gasteiger partial charge < -0.3 is 15.4 Å². The van der Waals surface area contributed by atoms with E-state index in [-0.39, 0.29) is 0 Å². The van der Waals surface area contributed by atoms with Gasteiger partial charge in [-0.2, -0.15) is 0 Å². The minimum atomic E-state index is 0.588. The number of methoxy groups -OCH3 is 1. The lowest BCUT2D eigenvalue weighted by molar-refractivity contribution is 0.175. The van der Waals surface area contributed by atoms with Gasteiger partial charge in [-0.15, -0.1) is 0 Å². The van der Waals surface area contributed by atoms with Crippen LogP contribution in [0.25, 0.3) is 0 Å². The quantitative estimate of drug-likeness (QED) is 0.923. The fourth-order valence-electron chi connectivity index (χ4n) is 3.68. The smallest absolute Gasteiger partial charge is 0.120 e. The standard InChI is InChI=1S/C17H27N3O/c1-21-16-6-5-14(12-18)17(11-16)20-10-7-15(13-20)19-8-3-2-4-9-19/h5-6,11,15H,2-4,7-10,12-13,18H2,1H3. The highest BCUT2D eigenvalue weighted by molar-refractivity contribution is 5.58. The summed E-state index contributed by atoms with van der Waals surface area (Å²) >= 11 is 0. The molecular weight excluding hydrogens is 262 g/mol. The van der Waals surface area contributed by atoms with Crippen molar-refractivity contribution < 1.29 is 4.74 Å². The first-order valence-corrected chi connectivity index (χ1v) is 8.18. The van der Waals surface area contributed by atoms with Gasteiger partial charge in [-0.05, 0) is 44.0 Å². The minimum Gasteiger partial charge on any atom is -0.497 e. The van der Waals surface area contributed by atoms with Gasteiger partial charge in [-0.3, -0.25) is 4.90 Å². The molecular formula is C17H27N3O. The van der Waals surface area contributed by atoms with Crippen molar-refractivity contribution in [3.05, 3.63) is 23.8 Å². The number of nitrogens with zero attached hydrogens (tertiary/aromatic N) is 2. The highest BCUT2D eigenvalue weighted by Crippen LogP contribution is 2.30. The van der Waals surface area contributed by atoms with Crippen molar-refractivity contribution in [2.24, 2.45) is 5.73 Å². The molecule has 1 unspecified atom stereocenters. The molecule has 116 valence electrons. The summed E-state index contributed by atoms with van der Waals surface area (Å²) in [7, 11) is 1.72. The Labute approximate surface area is 127 Å². The van der Waals surface area contributed by atoms with Crippen molar-refractivity contribution in [1.82, 2.24) is 4.90 Å². The molecule has 4 nitrogen and oxygen atoms in total. The van der Waals surface area contributed by atoms with Gasteiger partial charge in [0.1, 0.15) is 5.75 Å². The lowest BCUT2D eigenvalue weighted by Gasteiger charge is -2.32. The summed E-state index contributed by atoms with van der Waals surface area (Å²) in [4.78, 5) is 5.18. The lowest BCUT2D eigenvalue weighted by atomic mass is 10.1. The Bertz CT molecular complexity index is 471. The van der Waals surface area contributed by atoms with Crippen LogP contribution in [-0.4, -0.2) is 44.2 Å². The molecule has 1 aromatic carbocycles. The number of hydrogen-bond donors (Lipinski definition) is 1. The van der Waals surface area contributed by atoms with E-state index in [4.69, 9.17) is 10.5 Å². The van der Waals surface area contributed by atoms with Gasteiger partial charge in [-0.1, -0.05) is 12.5 Å². The highest BCUT2D eigenvalue weighted by Gasteiger charge is 2.29. The zero-order valence-electron chi connectivity index (χ0n) is 13.1. The van der Waals surface area contributed by atoms with Crippen LogP contribution in [0.5, 0.6) is 5.75 Å². The summed E-state index contributed by atoms with van der Waals surface area (Å²) in [5.41, 5.74) is 8.39. The molecule has 2 aliphatic heterocycles. The molecule has 21 heavy (non-hydrogen) atoms. The average Bonchev–Trinajstić information content (AvgIpc) is 3.05. The number of nitrogens with two attached hydrogens (primary N) is 1. The van der Waals surface area contributed by atoms with Gasteiger partial charge in [0.25, 0.3) is 0 Å². The molecule has 1 aromatic rings. The topological polar surface area (TPSA) is 41.7 Å². The molecule has 3 rings (SSSR count). The van der Waals surface area contributed by atoms with Crippen LogP contribution in [0, 0.1) is 0 Å². The summed E-state index contributed by atoms with van der Waals surface area (Å²) in [5, 5.41) is 0. The van der Waals surface area contributed by atoms with E-state index in [1.807, 2.05) is 6.07 Å². The Kier molecular flexibility index (Phi) is 4.66. The van der Waals surface area contributed by atoms with Crippen molar-refractivity contribution in [1.29, 1.82) is 0 Å². The van der Waals surface area contributed by atoms with Gasteiger partial charge in [0, 0.05) is 37.4 Å². The molecule has 2 aliphatic rings. The third-order valence-corrected chi connectivity index (χ3v) is 4.92. The van der Waals surface area contributed by atoms with Crippen LogP contribution < -0.4 is 15.4 Å². The molecule has 0 spiro atoms. The molecule has 4 heteroatoms. The predicted molar refractivity (Wildman–Crippen MR) is 86.9 cm³/mol. The summed E-state index contributed by atoms with van der Waals surface area (Å²) in [5.74, 6) is 0.920. The molecule has 2 fully saturated rings. The van der Waals surface area contributed by atoms with Crippen molar-refractivity contribution in [3.63, 3.8) is 0 Å². The average molecular weight is 289 g/mol. The lowest BCUT2D eigenvalue weighted by Crippen LogP contribution is -2.41. The van der Waals surface area contributed by atoms with E-state index >= 15 is 0 Å². The normalized spacial score (nSPS) is 23.5. The second kappa shape index (κ2) is 6.67. The van der Waals surface area contributed by atoms with Gasteiger partial charge in [0.05, 0.1) is 7.11 Å². The molecule has 0 saturated carbocycles. The Balaban J connectivity index is 1.72. The van der Waals surface area contributed by atoms with Gasteiger partial charge in [0.15, 0.2) is 0 Å². The SMILES string of the molecule is COc1ccc(CN)c(N2CCC(N3CCCCC3)C2)c1. The van der Waals surface area contributed by atoms with Gasteiger partial charge in [-0.25, -0.2) is 0 Å². The summed E-state index contributed by atoms with van der Waals surface area (Å²) in [6.45, 7) is 5.40. The van der Waals surface area contributed by atoms with Crippen molar-refractivity contribution in [3.8, 4) is 5.75 Å². The first-order chi connectivity index (χ1) is 10.3. The molecule has 0 radical (unpaired) electrons. The summed E-state index contributed by atoms with van der Waals surface area (Å²) in [6, 6.07) is 6.95. The van der Waals surface area contributed by atoms with Crippen LogP contribution in [0.4, 0.5) is 5.69 Å². The molecule has 0 aliphatic carbocycles. The summed E-state index contributed by atoms with van der Waals surface area (Å²) in [6.07, 6.45) is 5.40. The first-order valence-electron chi connectivity index (χ1n) is 8.18. The number of likely N-dealkylation sites (tertiary alicyclic amines) is 1. The van der Waals surface area contributed by atoms with Gasteiger partial charge in [0.2, 0.25) is 0 Å². The Morgan fingerprint density at radius 3 is 2.71 bits per heavy atom. The zero-order valence-corrected chi connectivity index (χ0v) is 13.1. The van der Waals surface area contributed by atoms with E-state index in [1.165, 1.54) is 50.0 Å². The predicted octanol–water partition coefficient (Wildman–Crippen LogP) is 2.22. The molecule has 0 bridgehead atoms. The van der Waals surface area contributed by atoms with Gasteiger partial charge >= 0.3 is 0 Å². The molecule has 2 heterocycles. The monoisotopic (exact) mass is 289 g/mol. The molecule has 2 N–H and O–H groups in total. The van der Waals surface area contributed by atoms with Crippen LogP contribution >= 0.6 is 0 Å². The number of anilines is 1. The fourth-order valence-corrected chi connectivity index (χ4v) is 3.68. The maximum Gasteiger partial charge on any atom is 0.120 e. The van der Waals surface area contributed by atoms with E-state index in [2.05, 4.69) is 21.9 Å². The Morgan fingerprint density at radius 1 is 1.19 bits per heavy atom. The molecule has 2 saturated heterocycles. The Morgan fingerprint density at radius 2 is 2.00 bits per heavy atom. The third-order valence-electron chi connectivity index (χ3n) is 4.92. The molecule has 0 aromatic heterocycles. The number of rotatable bonds is 4.